The monoisotopic (exact) mass is 400 g/mol. The van der Waals surface area contributed by atoms with Crippen LogP contribution < -0.4 is 9.47 Å². The molecule has 2 aliphatic heterocycles. The van der Waals surface area contributed by atoms with E-state index in [9.17, 15) is 13.6 Å². The van der Waals surface area contributed by atoms with Gasteiger partial charge in [-0.3, -0.25) is 0 Å². The highest BCUT2D eigenvalue weighted by atomic mass is 19.3. The van der Waals surface area contributed by atoms with Gasteiger partial charge in [0.1, 0.15) is 24.4 Å². The van der Waals surface area contributed by atoms with Crippen LogP contribution in [0.4, 0.5) is 8.78 Å². The maximum absolute atomic E-state index is 13.3. The van der Waals surface area contributed by atoms with E-state index in [2.05, 4.69) is 19.4 Å². The summed E-state index contributed by atoms with van der Waals surface area (Å²) in [5, 5.41) is 0.719. The Labute approximate surface area is 163 Å². The third kappa shape index (κ3) is 3.03. The van der Waals surface area contributed by atoms with Gasteiger partial charge in [-0.25, -0.2) is 9.78 Å². The molecule has 0 radical (unpaired) electrons. The minimum atomic E-state index is -3.70. The van der Waals surface area contributed by atoms with Gasteiger partial charge in [0.25, 0.3) is 0 Å². The maximum atomic E-state index is 13.3. The molecule has 0 aliphatic carbocycles. The van der Waals surface area contributed by atoms with Gasteiger partial charge in [0, 0.05) is 22.8 Å². The van der Waals surface area contributed by atoms with Crippen LogP contribution in [-0.2, 0) is 4.74 Å². The molecule has 7 nitrogen and oxygen atoms in total. The lowest BCUT2D eigenvalue weighted by atomic mass is 10.1. The van der Waals surface area contributed by atoms with E-state index >= 15 is 0 Å². The molecule has 0 atom stereocenters. The van der Waals surface area contributed by atoms with E-state index in [-0.39, 0.29) is 24.0 Å². The maximum Gasteiger partial charge on any atom is 0.586 e. The van der Waals surface area contributed by atoms with E-state index in [4.69, 9.17) is 4.74 Å². The summed E-state index contributed by atoms with van der Waals surface area (Å²) in [4.78, 5) is 20.7. The van der Waals surface area contributed by atoms with Crippen molar-refractivity contribution in [2.45, 2.75) is 13.2 Å². The van der Waals surface area contributed by atoms with Crippen LogP contribution in [0.1, 0.15) is 21.6 Å². The fourth-order valence-electron chi connectivity index (χ4n) is 3.55. The first-order valence-corrected chi connectivity index (χ1v) is 9.02. The van der Waals surface area contributed by atoms with Gasteiger partial charge < -0.3 is 19.2 Å². The number of aryl methyl sites for hydroxylation is 1. The average molecular weight is 400 g/mol. The molecule has 0 saturated heterocycles. The highest BCUT2D eigenvalue weighted by Gasteiger charge is 2.44. The summed E-state index contributed by atoms with van der Waals surface area (Å²) in [6.07, 6.45) is -2.06. The zero-order valence-corrected chi connectivity index (χ0v) is 15.4. The number of rotatable bonds is 2. The van der Waals surface area contributed by atoms with E-state index in [1.165, 1.54) is 12.1 Å². The van der Waals surface area contributed by atoms with Gasteiger partial charge in [-0.05, 0) is 37.3 Å². The lowest BCUT2D eigenvalue weighted by molar-refractivity contribution is -0.443. The fourth-order valence-corrected chi connectivity index (χ4v) is 3.55. The smallest absolute Gasteiger partial charge is 0.395 e. The summed E-state index contributed by atoms with van der Waals surface area (Å²) < 4.78 is 42.8. The van der Waals surface area contributed by atoms with Crippen molar-refractivity contribution in [3.8, 4) is 11.5 Å². The van der Waals surface area contributed by atoms with Gasteiger partial charge in [-0.2, -0.15) is 4.58 Å². The lowest BCUT2D eigenvalue weighted by Crippen LogP contribution is -2.38. The Balaban J connectivity index is 1.58. The molecule has 0 saturated carbocycles. The number of aromatic nitrogens is 2. The molecule has 2 aliphatic rings. The minimum absolute atomic E-state index is 0.0490. The number of carbonyl (C=O) groups is 1. The zero-order chi connectivity index (χ0) is 20.2. The van der Waals surface area contributed by atoms with Gasteiger partial charge >= 0.3 is 12.2 Å². The minimum Gasteiger partial charge on any atom is -0.395 e. The highest BCUT2D eigenvalue weighted by Crippen LogP contribution is 2.41. The molecule has 2 aromatic heterocycles. The molecule has 1 aromatic carbocycles. The summed E-state index contributed by atoms with van der Waals surface area (Å²) in [5.74, 6) is -0.347. The molecule has 9 heteroatoms. The van der Waals surface area contributed by atoms with E-state index in [0.29, 0.717) is 35.6 Å². The molecule has 1 amide bonds. The normalized spacial score (nSPS) is 17.8. The first-order chi connectivity index (χ1) is 13.9. The first kappa shape index (κ1) is 17.7. The second-order valence-electron chi connectivity index (χ2n) is 6.84. The second kappa shape index (κ2) is 6.35. The highest BCUT2D eigenvalue weighted by molar-refractivity contribution is 6.07. The summed E-state index contributed by atoms with van der Waals surface area (Å²) in [5.41, 5.74) is 3.07. The molecular formula is C20H16F2N3O4+. The van der Waals surface area contributed by atoms with E-state index in [1.807, 2.05) is 19.1 Å². The van der Waals surface area contributed by atoms with Crippen molar-refractivity contribution >= 4 is 22.7 Å². The number of nitrogens with zero attached hydrogens (tertiary/aromatic N) is 2. The number of benzene rings is 1. The van der Waals surface area contributed by atoms with Crippen LogP contribution in [-0.4, -0.2) is 52.2 Å². The number of alkyl halides is 2. The van der Waals surface area contributed by atoms with Gasteiger partial charge in [0.05, 0.1) is 0 Å². The number of fused-ring (bicyclic) bond motifs is 2. The van der Waals surface area contributed by atoms with Crippen molar-refractivity contribution in [3.63, 3.8) is 0 Å². The Morgan fingerprint density at radius 2 is 2.03 bits per heavy atom. The van der Waals surface area contributed by atoms with Crippen molar-refractivity contribution in [1.29, 1.82) is 0 Å². The molecule has 1 N–H and O–H groups in total. The number of carbonyl (C=O) groups excluding carboxylic acids is 1. The Morgan fingerprint density at radius 3 is 2.90 bits per heavy atom. The number of aromatic amines is 1. The number of pyridine rings is 1. The number of amides is 1. The van der Waals surface area contributed by atoms with Crippen molar-refractivity contribution in [3.05, 3.63) is 53.3 Å². The number of ether oxygens (including phenoxy) is 3. The van der Waals surface area contributed by atoms with Crippen LogP contribution in [0.2, 0.25) is 0 Å². The van der Waals surface area contributed by atoms with E-state index < -0.39 is 6.29 Å². The number of H-pyrrole nitrogens is 1. The first-order valence-electron chi connectivity index (χ1n) is 9.02. The molecule has 0 bridgehead atoms. The number of halogens is 2. The van der Waals surface area contributed by atoms with Gasteiger partial charge in [-0.15, -0.1) is 8.78 Å². The zero-order valence-electron chi connectivity index (χ0n) is 15.4. The third-order valence-corrected chi connectivity index (χ3v) is 4.91. The summed E-state index contributed by atoms with van der Waals surface area (Å²) in [6.45, 7) is 2.75. The lowest BCUT2D eigenvalue weighted by Gasteiger charge is -2.14. The Morgan fingerprint density at radius 1 is 1.21 bits per heavy atom. The SMILES string of the molecule is Cc1ccc2c(C(=O)[N+]3=C(c4ccc5c(c4)OC(F)(F)O5)COCC3)c[nH]c2n1. The van der Waals surface area contributed by atoms with Crippen molar-refractivity contribution in [1.82, 2.24) is 9.97 Å². The third-order valence-electron chi connectivity index (χ3n) is 4.91. The predicted octanol–water partition coefficient (Wildman–Crippen LogP) is 2.87. The fraction of sp³-hybridized carbons (Fsp3) is 0.250. The van der Waals surface area contributed by atoms with Gasteiger partial charge in [-0.1, -0.05) is 0 Å². The van der Waals surface area contributed by atoms with E-state index in [1.54, 1.807) is 16.8 Å². The Kier molecular flexibility index (Phi) is 3.88. The van der Waals surface area contributed by atoms with Crippen LogP contribution >= 0.6 is 0 Å². The van der Waals surface area contributed by atoms with Crippen molar-refractivity contribution < 1.29 is 32.4 Å². The topological polar surface area (TPSA) is 76.4 Å². The number of hydrogen-bond donors (Lipinski definition) is 1. The van der Waals surface area contributed by atoms with Gasteiger partial charge in [0.2, 0.25) is 5.71 Å². The standard InChI is InChI=1S/C20H15F2N3O4/c1-11-2-4-13-14(9-23-18(13)24-11)19(26)25-6-7-27-10-15(25)12-3-5-16-17(8-12)29-20(21,22)28-16/h2-5,8-9H,6-7,10H2,1H3/p+1. The summed E-state index contributed by atoms with van der Waals surface area (Å²) >= 11 is 0. The van der Waals surface area contributed by atoms with E-state index in [0.717, 1.165) is 11.1 Å². The Hall–Kier alpha value is -3.33. The molecule has 0 spiro atoms. The number of nitrogens with one attached hydrogen (secondary N) is 1. The molecule has 0 fully saturated rings. The Bertz CT molecular complexity index is 1190. The summed E-state index contributed by atoms with van der Waals surface area (Å²) in [6, 6.07) is 8.13. The van der Waals surface area contributed by atoms with Crippen LogP contribution in [0.5, 0.6) is 11.5 Å². The van der Waals surface area contributed by atoms with Crippen LogP contribution in [0.25, 0.3) is 11.0 Å². The largest absolute Gasteiger partial charge is 0.586 e. The molecule has 3 aromatic rings. The average Bonchev–Trinajstić information content (AvgIpc) is 3.25. The summed E-state index contributed by atoms with van der Waals surface area (Å²) in [7, 11) is 0. The molecular weight excluding hydrogens is 384 g/mol. The molecule has 0 unspecified atom stereocenters. The van der Waals surface area contributed by atoms with Crippen LogP contribution in [0.15, 0.2) is 36.5 Å². The van der Waals surface area contributed by atoms with Crippen LogP contribution in [0, 0.1) is 6.92 Å². The van der Waals surface area contributed by atoms with Crippen molar-refractivity contribution in [2.75, 3.05) is 19.8 Å². The number of hydrogen-bond acceptors (Lipinski definition) is 5. The van der Waals surface area contributed by atoms with Gasteiger partial charge in [0.15, 0.2) is 18.0 Å². The molecule has 5 rings (SSSR count). The predicted molar refractivity (Wildman–Crippen MR) is 97.9 cm³/mol. The molecule has 148 valence electrons. The second-order valence-corrected chi connectivity index (χ2v) is 6.84. The molecule has 4 heterocycles. The molecule has 29 heavy (non-hydrogen) atoms. The van der Waals surface area contributed by atoms with Crippen molar-refractivity contribution in [2.24, 2.45) is 0 Å². The quantitative estimate of drug-likeness (QED) is 0.670. The van der Waals surface area contributed by atoms with Crippen LogP contribution in [0.3, 0.4) is 0 Å².